The van der Waals surface area contributed by atoms with Gasteiger partial charge in [0.25, 0.3) is 0 Å². The van der Waals surface area contributed by atoms with E-state index in [4.69, 9.17) is 78.3 Å². The molecule has 0 aliphatic carbocycles. The Morgan fingerprint density at radius 1 is 0.349 bits per heavy atom. The first-order valence-electron chi connectivity index (χ1n) is 40.2. The second-order valence-electron chi connectivity index (χ2n) is 32.6. The minimum absolute atomic E-state index is 0.588. The van der Waals surface area contributed by atoms with Crippen molar-refractivity contribution in [2.45, 2.75) is 141 Å². The van der Waals surface area contributed by atoms with Gasteiger partial charge in [-0.2, -0.15) is 0 Å². The third-order valence-corrected chi connectivity index (χ3v) is 22.4. The maximum Gasteiger partial charge on any atom is 0.243 e. The van der Waals surface area contributed by atoms with E-state index in [-0.39, 0.29) is 0 Å². The number of unbranched alkanes of at least 4 members (excludes halogenated alkanes) is 4. The maximum atomic E-state index is 5.93. The summed E-state index contributed by atoms with van der Waals surface area (Å²) in [5, 5.41) is 3.26. The lowest BCUT2D eigenvalue weighted by molar-refractivity contribution is -0.917. The predicted octanol–water partition coefficient (Wildman–Crippen LogP) is 7.50. The van der Waals surface area contributed by atoms with Gasteiger partial charge in [0, 0.05) is 25.7 Å². The van der Waals surface area contributed by atoms with Crippen molar-refractivity contribution in [2.75, 3.05) is 241 Å². The molecule has 7 aromatic rings. The molecule has 5 fully saturated rings. The number of nitrogens with one attached hydrogen (secondary N) is 1. The van der Waals surface area contributed by atoms with Crippen LogP contribution < -0.4 is 78.7 Å². The van der Waals surface area contributed by atoms with Gasteiger partial charge in [-0.15, -0.1) is 0 Å². The molecule has 0 atom stereocenters. The Hall–Kier alpha value is -8.77. The second-order valence-corrected chi connectivity index (χ2v) is 32.6. The molecule has 12 rings (SSSR count). The monoisotopic (exact) mass is 1510 g/mol. The van der Waals surface area contributed by atoms with E-state index in [0.29, 0.717) is 57.0 Å². The van der Waals surface area contributed by atoms with Crippen LogP contribution in [0.4, 0.5) is 74.1 Å². The van der Waals surface area contributed by atoms with Crippen molar-refractivity contribution in [3.05, 3.63) is 121 Å². The number of hydrogen-bond acceptors (Lipinski definition) is 21. The van der Waals surface area contributed by atoms with E-state index in [1.165, 1.54) is 150 Å². The third kappa shape index (κ3) is 32.0. The summed E-state index contributed by atoms with van der Waals surface area (Å²) in [6.07, 6.45) is 41.2. The summed E-state index contributed by atoms with van der Waals surface area (Å²) in [6, 6.07) is 10.7. The first kappa shape index (κ1) is 87.5. The van der Waals surface area contributed by atoms with Crippen molar-refractivity contribution in [3.63, 3.8) is 0 Å². The van der Waals surface area contributed by atoms with Crippen LogP contribution in [0.2, 0.25) is 0 Å². The number of anilines is 13. The second kappa shape index (κ2) is 44.2. The number of aromatic nitrogens is 8. The van der Waals surface area contributed by atoms with Crippen LogP contribution in [0.15, 0.2) is 92.3 Å². The molecule has 28 heteroatoms. The summed E-state index contributed by atoms with van der Waals surface area (Å²) in [5.74, 6) is 0.712. The van der Waals surface area contributed by atoms with Crippen molar-refractivity contribution < 1.29 is 36.5 Å². The van der Waals surface area contributed by atoms with E-state index in [1.54, 1.807) is 73.6 Å². The van der Waals surface area contributed by atoms with Crippen LogP contribution in [0.3, 0.4) is 0 Å². The third-order valence-electron chi connectivity index (χ3n) is 22.4. The lowest BCUT2D eigenvalue weighted by Crippen LogP contribution is -2.53. The normalized spacial score (nSPS) is 17.1. The number of aryl methyl sites for hydroxylation is 7. The van der Waals surface area contributed by atoms with Gasteiger partial charge in [0.1, 0.15) is 44.4 Å². The van der Waals surface area contributed by atoms with Gasteiger partial charge in [-0.3, -0.25) is 24.9 Å². The van der Waals surface area contributed by atoms with Crippen molar-refractivity contribution in [1.82, 2.24) is 34.5 Å². The number of likely N-dealkylation sites (N-methyl/N-ethyl adjacent to an activating group) is 2. The van der Waals surface area contributed by atoms with Gasteiger partial charge in [0.2, 0.25) is 6.33 Å². The molecule has 0 bridgehead atoms. The average Bonchev–Trinajstić information content (AvgIpc) is 1.80. The average molecular weight is 1510 g/mol. The molecule has 28 nitrogen and oxygen atoms in total. The Kier molecular flexibility index (Phi) is 35.4. The number of hydrogen-bond donors (Lipinski definition) is 13. The summed E-state index contributed by atoms with van der Waals surface area (Å²) in [5.41, 5.74) is 82.0. The van der Waals surface area contributed by atoms with Crippen LogP contribution in [0.1, 0.15) is 131 Å². The summed E-state index contributed by atoms with van der Waals surface area (Å²) in [6.45, 7) is 23.9. The van der Waals surface area contributed by atoms with Gasteiger partial charge < -0.3 is 106 Å². The SMILES string of the molecule is C[N+]1(CCCCc2ncc(N)cc2N)CCCC1.C[N+]1(CCCCc2ncc(N)cc2N)CCCC1.C[N+]1(CCCCc2ncc(N)cc2N)CCCCC1.C[N+]1(CCCCc2ncc(N)cc2N)CCOCC1.C[N+]1(CCNc2ncc(N)cc2N)CCOCC1.C[n+]1ccn(CCCc2ncc(N)cc2N)c1. The molecule has 0 radical (unpaired) electrons. The fraction of sp³-hybridized carbons (Fsp3) is 0.593. The molecule has 25 N–H and O–H groups in total. The van der Waals surface area contributed by atoms with Crippen molar-refractivity contribution in [2.24, 2.45) is 7.05 Å². The highest BCUT2D eigenvalue weighted by atomic mass is 16.5. The maximum absolute atomic E-state index is 5.93. The van der Waals surface area contributed by atoms with E-state index >= 15 is 0 Å². The number of imidazole rings is 1. The predicted molar refractivity (Wildman–Crippen MR) is 450 cm³/mol. The van der Waals surface area contributed by atoms with Crippen LogP contribution in [0.5, 0.6) is 0 Å². The number of likely N-dealkylation sites (tertiary alicyclic amines) is 3. The molecular formula is C81H142N26O2+6. The first-order valence-corrected chi connectivity index (χ1v) is 40.2. The Balaban J connectivity index is 0.000000182. The zero-order chi connectivity index (χ0) is 78.7. The van der Waals surface area contributed by atoms with Crippen molar-refractivity contribution in [1.29, 1.82) is 0 Å². The molecule has 12 heterocycles. The zero-order valence-corrected chi connectivity index (χ0v) is 67.4. The van der Waals surface area contributed by atoms with Crippen LogP contribution in [0.25, 0.3) is 0 Å². The smallest absolute Gasteiger partial charge is 0.243 e. The highest BCUT2D eigenvalue weighted by Gasteiger charge is 2.29. The number of piperidine rings is 1. The minimum Gasteiger partial charge on any atom is -0.397 e. The van der Waals surface area contributed by atoms with Crippen molar-refractivity contribution in [3.8, 4) is 0 Å². The topological polar surface area (TPSA) is 429 Å². The number of quaternary nitrogens is 5. The molecule has 602 valence electrons. The number of nitrogen functional groups attached to an aromatic ring is 12. The molecule has 109 heavy (non-hydrogen) atoms. The van der Waals surface area contributed by atoms with E-state index in [9.17, 15) is 0 Å². The van der Waals surface area contributed by atoms with Crippen LogP contribution in [0, 0.1) is 0 Å². The Labute approximate surface area is 651 Å². The Morgan fingerprint density at radius 2 is 0.624 bits per heavy atom. The lowest BCUT2D eigenvalue weighted by atomic mass is 10.1. The van der Waals surface area contributed by atoms with Gasteiger partial charge in [-0.05, 0) is 146 Å². The van der Waals surface area contributed by atoms with Crippen LogP contribution in [-0.4, -0.2) is 223 Å². The Morgan fingerprint density at radius 3 is 0.917 bits per heavy atom. The van der Waals surface area contributed by atoms with Gasteiger partial charge >= 0.3 is 0 Å². The minimum atomic E-state index is 0.588. The van der Waals surface area contributed by atoms with E-state index in [2.05, 4.69) is 87.6 Å². The van der Waals surface area contributed by atoms with Crippen molar-refractivity contribution >= 4 is 74.1 Å². The lowest BCUT2D eigenvalue weighted by Gasteiger charge is -2.37. The Bertz CT molecular complexity index is 3630. The summed E-state index contributed by atoms with van der Waals surface area (Å²) in [4.78, 5) is 25.7. The molecule has 0 unspecified atom stereocenters. The summed E-state index contributed by atoms with van der Waals surface area (Å²) < 4.78 is 20.9. The molecule has 5 aliphatic heterocycles. The highest BCUT2D eigenvalue weighted by Crippen LogP contribution is 2.25. The molecule has 7 aromatic heterocycles. The largest absolute Gasteiger partial charge is 0.397 e. The van der Waals surface area contributed by atoms with Crippen LogP contribution >= 0.6 is 0 Å². The number of pyridine rings is 6. The molecule has 0 saturated carbocycles. The standard InChI is InChI=1S/C15H27N4.C14H25N4O.2C14H25N4.C12H22N5O.C12H18N5/c1-19(8-4-2-5-9-19)10-6-3-7-15-14(17)11-13(16)12-18-15;1-18(6-8-19-9-7-18)5-3-2-4-14-13(16)10-12(15)11-17-14;2*1-18(8-4-5-9-18)7-3-2-6-14-13(16)10-12(15)11-17-14;1-17(4-6-18-7-5-17)3-2-15-12-11(14)8-10(13)9-16-12;1-16-5-6-17(9-16)4-2-3-12-11(14)7-10(13)8-15-12/h11-12H,2-10,16-17H2,1H3;10-11H,2-9,15-16H2,1H3;2*10-11H,2-9,15-16H2,1H3;8-9H,2-7,13-14H2,1H3,(H,15,16);5-9H,2-4,13-14H2,1H3/q6*+1. The van der Waals surface area contributed by atoms with Gasteiger partial charge in [0.15, 0.2) is 0 Å². The van der Waals surface area contributed by atoms with Crippen LogP contribution in [-0.2, 0) is 55.2 Å². The zero-order valence-electron chi connectivity index (χ0n) is 67.4. The molecule has 0 amide bonds. The fourth-order valence-corrected chi connectivity index (χ4v) is 15.1. The van der Waals surface area contributed by atoms with E-state index in [0.717, 1.165) is 191 Å². The first-order chi connectivity index (χ1) is 52.1. The van der Waals surface area contributed by atoms with E-state index < -0.39 is 0 Å². The summed E-state index contributed by atoms with van der Waals surface area (Å²) in [7, 11) is 13.7. The fourth-order valence-electron chi connectivity index (χ4n) is 15.1. The number of rotatable bonds is 28. The number of nitrogens with two attached hydrogens (primary N) is 12. The molecular weight excluding hydrogens is 1370 g/mol. The number of ether oxygens (including phenoxy) is 2. The van der Waals surface area contributed by atoms with Gasteiger partial charge in [-0.25, -0.2) is 14.1 Å². The van der Waals surface area contributed by atoms with E-state index in [1.807, 2.05) is 17.8 Å². The van der Waals surface area contributed by atoms with Gasteiger partial charge in [-0.1, -0.05) is 0 Å². The number of nitrogens with zero attached hydrogens (tertiary/aromatic N) is 13. The number of morpholine rings is 2. The molecule has 0 aromatic carbocycles. The molecule has 5 aliphatic rings. The quantitative estimate of drug-likeness (QED) is 0.0128. The molecule has 5 saturated heterocycles. The van der Waals surface area contributed by atoms with Gasteiger partial charge in [0.05, 0.1) is 288 Å². The highest BCUT2D eigenvalue weighted by molar-refractivity contribution is 5.65. The molecule has 0 spiro atoms. The summed E-state index contributed by atoms with van der Waals surface area (Å²) >= 11 is 0.